The number of rotatable bonds is 18. The van der Waals surface area contributed by atoms with Crippen molar-refractivity contribution >= 4 is 86.0 Å². The third-order valence-electron chi connectivity index (χ3n) is 13.1. The van der Waals surface area contributed by atoms with Crippen LogP contribution in [-0.4, -0.2) is 69.5 Å². The number of carbonyl (C=O) groups is 3. The van der Waals surface area contributed by atoms with Crippen LogP contribution in [0.15, 0.2) is 213 Å². The van der Waals surface area contributed by atoms with E-state index in [1.165, 1.54) is 0 Å². The third kappa shape index (κ3) is 15.8. The van der Waals surface area contributed by atoms with Crippen LogP contribution in [0.3, 0.4) is 0 Å². The van der Waals surface area contributed by atoms with Crippen molar-refractivity contribution in [2.24, 2.45) is 0 Å². The number of aliphatic carboxylic acids is 3. The first-order chi connectivity index (χ1) is 42.1. The van der Waals surface area contributed by atoms with Crippen LogP contribution in [0.5, 0.6) is 34.5 Å². The van der Waals surface area contributed by atoms with Crippen LogP contribution >= 0.6 is 34.8 Å². The first kappa shape index (κ1) is 67.0. The molecular weight excluding hydrogens is 1220 g/mol. The van der Waals surface area contributed by atoms with E-state index < -0.39 is 36.2 Å². The number of hydrogen-bond donors (Lipinski definition) is 3. The molecule has 0 aliphatic heterocycles. The molecule has 0 amide bonds. The molecule has 0 aliphatic carbocycles. The normalized spacial score (nSPS) is 11.5. The second-order valence-electron chi connectivity index (χ2n) is 18.7. The number of nitrogens with zero attached hydrogens (tertiary/aromatic N) is 3. The smallest absolute Gasteiger partial charge is 0.349 e. The number of fused-ring (bicyclic) bond motifs is 3. The van der Waals surface area contributed by atoms with Crippen molar-refractivity contribution in [2.75, 3.05) is 21.3 Å². The second-order valence-corrected chi connectivity index (χ2v) is 20.0. The van der Waals surface area contributed by atoms with Crippen LogP contribution in [0.2, 0.25) is 15.1 Å². The summed E-state index contributed by atoms with van der Waals surface area (Å²) in [4.78, 5) is 49.1. The van der Waals surface area contributed by atoms with Gasteiger partial charge in [-0.25, -0.2) is 29.3 Å². The molecule has 0 saturated carbocycles. The molecule has 3 atom stereocenters. The molecule has 0 fully saturated rings. The van der Waals surface area contributed by atoms with Gasteiger partial charge in [-0.2, -0.15) is 0 Å². The molecule has 3 aromatic heterocycles. The van der Waals surface area contributed by atoms with Gasteiger partial charge in [-0.1, -0.05) is 130 Å². The average Bonchev–Trinajstić information content (AvgIpc) is 1.82. The van der Waals surface area contributed by atoms with Gasteiger partial charge in [0.2, 0.25) is 36.0 Å². The monoisotopic (exact) mass is 1280 g/mol. The summed E-state index contributed by atoms with van der Waals surface area (Å²) >= 11 is 18.5. The zero-order chi connectivity index (χ0) is 61.1. The minimum absolute atomic E-state index is 0. The van der Waals surface area contributed by atoms with Gasteiger partial charge >= 0.3 is 17.9 Å². The molecule has 0 spiro atoms. The highest BCUT2D eigenvalue weighted by atomic mass is 35.5. The minimum Gasteiger partial charge on any atom is -0.497 e. The fraction of sp³-hybridized carbons (Fsp3) is 0.130. The summed E-state index contributed by atoms with van der Waals surface area (Å²) < 4.78 is 50.4. The molecule has 3 unspecified atom stereocenters. The highest BCUT2D eigenvalue weighted by Crippen LogP contribution is 2.40. The van der Waals surface area contributed by atoms with Crippen LogP contribution in [-0.2, 0) is 14.4 Å². The Morgan fingerprint density at radius 3 is 0.833 bits per heavy atom. The lowest BCUT2D eigenvalue weighted by atomic mass is 10.1. The van der Waals surface area contributed by atoms with Gasteiger partial charge in [-0.3, -0.25) is 0 Å². The number of methoxy groups -OCH3 is 3. The number of carboxylic acid groups (broad SMARTS) is 3. The Labute approximate surface area is 532 Å². The lowest BCUT2D eigenvalue weighted by molar-refractivity contribution is -0.146. The van der Waals surface area contributed by atoms with Gasteiger partial charge in [0.15, 0.2) is 16.7 Å². The van der Waals surface area contributed by atoms with Crippen LogP contribution in [0, 0.1) is 0 Å². The number of benzene rings is 9. The van der Waals surface area contributed by atoms with E-state index in [0.29, 0.717) is 134 Å². The van der Waals surface area contributed by atoms with Gasteiger partial charge in [-0.15, -0.1) is 0 Å². The lowest BCUT2D eigenvalue weighted by Crippen LogP contribution is -2.18. The Hall–Kier alpha value is -10.5. The largest absolute Gasteiger partial charge is 0.497 e. The van der Waals surface area contributed by atoms with Crippen molar-refractivity contribution in [1.82, 2.24) is 15.0 Å². The van der Waals surface area contributed by atoms with Crippen LogP contribution < -0.4 is 28.4 Å². The van der Waals surface area contributed by atoms with Gasteiger partial charge in [0.1, 0.15) is 51.0 Å². The van der Waals surface area contributed by atoms with E-state index >= 15 is 0 Å². The van der Waals surface area contributed by atoms with E-state index in [-0.39, 0.29) is 22.3 Å². The van der Waals surface area contributed by atoms with E-state index in [2.05, 4.69) is 15.0 Å². The maximum Gasteiger partial charge on any atom is 0.349 e. The molecule has 9 aromatic carbocycles. The van der Waals surface area contributed by atoms with E-state index in [1.54, 1.807) is 167 Å². The standard InChI is InChI=1S/3C22H16ClNO5.3CH4/c3*1-27-15-9-6-13(7-10-15)20(22(25)26)28-18-11-8-14(23)12-16(18)21-24-17-4-2-3-5-19(17)29-21;;;/h3*2-12,20H,1H3,(H,25,26);3*1H4. The Kier molecular flexibility index (Phi) is 22.6. The Balaban J connectivity index is 0.000000189. The topological polar surface area (TPSA) is 245 Å². The van der Waals surface area contributed by atoms with Gasteiger partial charge in [0.05, 0.1) is 38.0 Å². The van der Waals surface area contributed by atoms with Gasteiger partial charge < -0.3 is 57.0 Å². The molecule has 12 aromatic rings. The highest BCUT2D eigenvalue weighted by Gasteiger charge is 2.28. The number of carboxylic acids is 3. The molecule has 90 heavy (non-hydrogen) atoms. The van der Waals surface area contributed by atoms with Crippen molar-refractivity contribution < 1.29 is 71.4 Å². The quantitative estimate of drug-likeness (QED) is 0.0723. The summed E-state index contributed by atoms with van der Waals surface area (Å²) in [5.74, 6) is 0.241. The van der Waals surface area contributed by atoms with Crippen molar-refractivity contribution in [3.8, 4) is 68.9 Å². The zero-order valence-electron chi connectivity index (χ0n) is 46.0. The molecule has 18 nitrogen and oxygen atoms in total. The average molecular weight is 1280 g/mol. The maximum atomic E-state index is 11.9. The predicted molar refractivity (Wildman–Crippen MR) is 346 cm³/mol. The Bertz CT molecular complexity index is 3860. The number of ether oxygens (including phenoxy) is 6. The number of para-hydroxylation sites is 6. The van der Waals surface area contributed by atoms with Crippen LogP contribution in [0.25, 0.3) is 67.7 Å². The first-order valence-electron chi connectivity index (χ1n) is 26.2. The van der Waals surface area contributed by atoms with Gasteiger partial charge in [0, 0.05) is 31.8 Å². The van der Waals surface area contributed by atoms with Crippen LogP contribution in [0.1, 0.15) is 57.3 Å². The van der Waals surface area contributed by atoms with Crippen molar-refractivity contribution in [2.45, 2.75) is 40.6 Å². The highest BCUT2D eigenvalue weighted by molar-refractivity contribution is 6.31. The summed E-state index contributed by atoms with van der Waals surface area (Å²) in [5, 5.41) is 30.5. The minimum atomic E-state index is -1.23. The van der Waals surface area contributed by atoms with Crippen LogP contribution in [0.4, 0.5) is 0 Å². The Morgan fingerprint density at radius 1 is 0.367 bits per heavy atom. The molecule has 0 radical (unpaired) electrons. The molecule has 0 saturated heterocycles. The molecule has 0 bridgehead atoms. The van der Waals surface area contributed by atoms with Crippen molar-refractivity contribution in [3.05, 3.63) is 232 Å². The lowest BCUT2D eigenvalue weighted by Gasteiger charge is -2.17. The molecule has 462 valence electrons. The Morgan fingerprint density at radius 2 is 0.611 bits per heavy atom. The number of oxazole rings is 3. The number of hydrogen-bond acceptors (Lipinski definition) is 15. The number of halogens is 3. The van der Waals surface area contributed by atoms with Crippen molar-refractivity contribution in [1.29, 1.82) is 0 Å². The summed E-state index contributed by atoms with van der Waals surface area (Å²) in [6.45, 7) is 0. The predicted octanol–water partition coefficient (Wildman–Crippen LogP) is 18.0. The molecule has 12 rings (SSSR count). The molecule has 21 heteroatoms. The van der Waals surface area contributed by atoms with E-state index in [9.17, 15) is 29.7 Å². The third-order valence-corrected chi connectivity index (χ3v) is 13.8. The summed E-state index contributed by atoms with van der Waals surface area (Å²) in [6, 6.07) is 56.5. The van der Waals surface area contributed by atoms with E-state index in [4.69, 9.17) is 76.5 Å². The molecule has 3 N–H and O–H groups in total. The summed E-state index contributed by atoms with van der Waals surface area (Å²) in [7, 11) is 4.63. The fourth-order valence-electron chi connectivity index (χ4n) is 8.78. The second kappa shape index (κ2) is 30.4. The van der Waals surface area contributed by atoms with Gasteiger partial charge in [-0.05, 0) is 127 Å². The maximum absolute atomic E-state index is 11.9. The van der Waals surface area contributed by atoms with E-state index in [1.807, 2.05) is 54.6 Å². The summed E-state index contributed by atoms with van der Waals surface area (Å²) in [5.41, 5.74) is 6.67. The zero-order valence-corrected chi connectivity index (χ0v) is 48.3. The van der Waals surface area contributed by atoms with Crippen molar-refractivity contribution in [3.63, 3.8) is 0 Å². The molecule has 3 heterocycles. The SMILES string of the molecule is C.C.C.COc1ccc(C(Oc2ccc(Cl)cc2-c2nc3ccccc3o2)C(=O)O)cc1.COc1ccc(C(Oc2ccc(Cl)cc2-c2nc3ccccc3o2)C(=O)O)cc1.COc1ccc(C(Oc2ccc(Cl)cc2-c2nc3ccccc3o2)C(=O)O)cc1. The molecular formula is C69H60Cl3N3O15. The molecule has 0 aliphatic rings. The van der Waals surface area contributed by atoms with E-state index in [0.717, 1.165) is 0 Å². The summed E-state index contributed by atoms with van der Waals surface area (Å²) in [6.07, 6.45) is -3.69. The number of aromatic nitrogens is 3. The fourth-order valence-corrected chi connectivity index (χ4v) is 9.29. The van der Waals surface area contributed by atoms with Gasteiger partial charge in [0.25, 0.3) is 0 Å². The first-order valence-corrected chi connectivity index (χ1v) is 27.3.